The van der Waals surface area contributed by atoms with Crippen LogP contribution in [-0.2, 0) is 6.54 Å². The zero-order valence-electron chi connectivity index (χ0n) is 11.6. The van der Waals surface area contributed by atoms with Crippen molar-refractivity contribution in [2.75, 3.05) is 0 Å². The van der Waals surface area contributed by atoms with E-state index in [0.717, 1.165) is 10.0 Å². The van der Waals surface area contributed by atoms with Gasteiger partial charge in [0.05, 0.1) is 0 Å². The number of amides is 1. The van der Waals surface area contributed by atoms with Gasteiger partial charge < -0.3 is 11.1 Å². The molecule has 0 saturated heterocycles. The molecule has 0 heterocycles. The van der Waals surface area contributed by atoms with Gasteiger partial charge in [0, 0.05) is 28.2 Å². The molecule has 5 heteroatoms. The quantitative estimate of drug-likeness (QED) is 0.866. The summed E-state index contributed by atoms with van der Waals surface area (Å²) in [5.74, 6) is -0.915. The van der Waals surface area contributed by atoms with Gasteiger partial charge in [0.15, 0.2) is 0 Å². The number of hydrogen-bond acceptors (Lipinski definition) is 2. The average Bonchev–Trinajstić information content (AvgIpc) is 2.46. The van der Waals surface area contributed by atoms with Crippen molar-refractivity contribution in [2.45, 2.75) is 19.5 Å². The first-order valence-corrected chi connectivity index (χ1v) is 7.34. The van der Waals surface area contributed by atoms with Gasteiger partial charge in [-0.15, -0.1) is 0 Å². The Morgan fingerprint density at radius 1 is 1.33 bits per heavy atom. The van der Waals surface area contributed by atoms with Crippen LogP contribution < -0.4 is 11.1 Å². The molecule has 0 spiro atoms. The zero-order valence-corrected chi connectivity index (χ0v) is 13.2. The SMILES string of the molecule is C[C@H](NCc1cc(C(N)=O)ccc1F)c1ccccc1Br. The molecule has 0 fully saturated rings. The highest BCUT2D eigenvalue weighted by Crippen LogP contribution is 2.23. The molecule has 0 unspecified atom stereocenters. The number of primary amides is 1. The van der Waals surface area contributed by atoms with E-state index in [1.54, 1.807) is 0 Å². The Kier molecular flexibility index (Phi) is 5.09. The van der Waals surface area contributed by atoms with Crippen LogP contribution in [0.2, 0.25) is 0 Å². The first-order valence-electron chi connectivity index (χ1n) is 6.55. The summed E-state index contributed by atoms with van der Waals surface area (Å²) < 4.78 is 14.8. The molecule has 0 radical (unpaired) electrons. The number of nitrogens with one attached hydrogen (secondary N) is 1. The van der Waals surface area contributed by atoms with Crippen molar-refractivity contribution < 1.29 is 9.18 Å². The molecule has 2 rings (SSSR count). The second kappa shape index (κ2) is 6.83. The van der Waals surface area contributed by atoms with Gasteiger partial charge in [0.2, 0.25) is 5.91 Å². The van der Waals surface area contributed by atoms with Crippen LogP contribution in [0, 0.1) is 5.82 Å². The summed E-state index contributed by atoms with van der Waals surface area (Å²) in [5.41, 5.74) is 7.03. The van der Waals surface area contributed by atoms with Crippen LogP contribution >= 0.6 is 15.9 Å². The molecule has 0 saturated carbocycles. The van der Waals surface area contributed by atoms with Gasteiger partial charge in [0.25, 0.3) is 0 Å². The first-order chi connectivity index (χ1) is 9.99. The second-order valence-corrected chi connectivity index (χ2v) is 5.65. The van der Waals surface area contributed by atoms with Crippen LogP contribution in [0.25, 0.3) is 0 Å². The molecule has 3 nitrogen and oxygen atoms in total. The molecule has 21 heavy (non-hydrogen) atoms. The lowest BCUT2D eigenvalue weighted by atomic mass is 10.1. The molecule has 0 aliphatic rings. The number of halogens is 2. The summed E-state index contributed by atoms with van der Waals surface area (Å²) in [4.78, 5) is 11.1. The van der Waals surface area contributed by atoms with Crippen molar-refractivity contribution in [3.05, 3.63) is 69.4 Å². The Bertz CT molecular complexity index is 660. The largest absolute Gasteiger partial charge is 0.366 e. The Balaban J connectivity index is 2.11. The number of nitrogens with two attached hydrogens (primary N) is 1. The smallest absolute Gasteiger partial charge is 0.248 e. The van der Waals surface area contributed by atoms with Crippen LogP contribution in [0.3, 0.4) is 0 Å². The summed E-state index contributed by atoms with van der Waals surface area (Å²) >= 11 is 3.49. The highest BCUT2D eigenvalue weighted by molar-refractivity contribution is 9.10. The zero-order chi connectivity index (χ0) is 15.4. The molecule has 0 aliphatic heterocycles. The lowest BCUT2D eigenvalue weighted by Gasteiger charge is -2.16. The van der Waals surface area contributed by atoms with E-state index in [2.05, 4.69) is 21.2 Å². The third-order valence-electron chi connectivity index (χ3n) is 3.30. The molecule has 1 amide bonds. The van der Waals surface area contributed by atoms with Gasteiger partial charge in [-0.05, 0) is 36.8 Å². The van der Waals surface area contributed by atoms with Crippen molar-refractivity contribution in [1.82, 2.24) is 5.32 Å². The van der Waals surface area contributed by atoms with Crippen molar-refractivity contribution in [2.24, 2.45) is 5.73 Å². The molecule has 0 aromatic heterocycles. The standard InChI is InChI=1S/C16H16BrFN2O/c1-10(13-4-2-3-5-14(13)17)20-9-12-8-11(16(19)21)6-7-15(12)18/h2-8,10,20H,9H2,1H3,(H2,19,21)/t10-/m0/s1. The minimum absolute atomic E-state index is 0.0391. The summed E-state index contributed by atoms with van der Waals surface area (Å²) in [6, 6.07) is 12.0. The van der Waals surface area contributed by atoms with E-state index in [0.29, 0.717) is 17.7 Å². The molecular weight excluding hydrogens is 335 g/mol. The summed E-state index contributed by atoms with van der Waals surface area (Å²) in [6.45, 7) is 2.31. The lowest BCUT2D eigenvalue weighted by molar-refractivity contribution is 0.1000. The Labute approximate surface area is 131 Å². The van der Waals surface area contributed by atoms with Gasteiger partial charge in [-0.25, -0.2) is 4.39 Å². The monoisotopic (exact) mass is 350 g/mol. The molecule has 2 aromatic rings. The third kappa shape index (κ3) is 3.89. The van der Waals surface area contributed by atoms with Crippen molar-refractivity contribution in [3.63, 3.8) is 0 Å². The van der Waals surface area contributed by atoms with Crippen LogP contribution in [0.4, 0.5) is 4.39 Å². The Hall–Kier alpha value is -1.72. The van der Waals surface area contributed by atoms with Gasteiger partial charge in [0.1, 0.15) is 5.82 Å². The number of benzene rings is 2. The minimum Gasteiger partial charge on any atom is -0.366 e. The Morgan fingerprint density at radius 2 is 2.05 bits per heavy atom. The van der Waals surface area contributed by atoms with Gasteiger partial charge in [-0.2, -0.15) is 0 Å². The molecule has 1 atom stereocenters. The highest BCUT2D eigenvalue weighted by Gasteiger charge is 2.11. The fourth-order valence-electron chi connectivity index (χ4n) is 2.06. The third-order valence-corrected chi connectivity index (χ3v) is 4.02. The van der Waals surface area contributed by atoms with E-state index in [1.165, 1.54) is 18.2 Å². The molecule has 3 N–H and O–H groups in total. The first kappa shape index (κ1) is 15.7. The normalized spacial score (nSPS) is 12.1. The fraction of sp³-hybridized carbons (Fsp3) is 0.188. The lowest BCUT2D eigenvalue weighted by Crippen LogP contribution is -2.20. The number of carbonyl (C=O) groups excluding carboxylic acids is 1. The molecule has 0 bridgehead atoms. The van der Waals surface area contributed by atoms with E-state index in [9.17, 15) is 9.18 Å². The van der Waals surface area contributed by atoms with Gasteiger partial charge in [-0.3, -0.25) is 4.79 Å². The maximum atomic E-state index is 13.8. The second-order valence-electron chi connectivity index (χ2n) is 4.79. The average molecular weight is 351 g/mol. The predicted octanol–water partition coefficient (Wildman–Crippen LogP) is 3.54. The summed E-state index contributed by atoms with van der Waals surface area (Å²) in [6.07, 6.45) is 0. The van der Waals surface area contributed by atoms with Crippen molar-refractivity contribution >= 4 is 21.8 Å². The van der Waals surface area contributed by atoms with E-state index < -0.39 is 5.91 Å². The fourth-order valence-corrected chi connectivity index (χ4v) is 2.69. The Morgan fingerprint density at radius 3 is 2.71 bits per heavy atom. The summed E-state index contributed by atoms with van der Waals surface area (Å²) in [7, 11) is 0. The maximum Gasteiger partial charge on any atom is 0.248 e. The van der Waals surface area contributed by atoms with E-state index >= 15 is 0 Å². The van der Waals surface area contributed by atoms with Gasteiger partial charge in [-0.1, -0.05) is 34.1 Å². The minimum atomic E-state index is -0.560. The molecule has 0 aliphatic carbocycles. The maximum absolute atomic E-state index is 13.8. The topological polar surface area (TPSA) is 55.1 Å². The summed E-state index contributed by atoms with van der Waals surface area (Å²) in [5, 5.41) is 3.24. The molecule has 110 valence electrons. The van der Waals surface area contributed by atoms with Crippen molar-refractivity contribution in [3.8, 4) is 0 Å². The molecular formula is C16H16BrFN2O. The predicted molar refractivity (Wildman–Crippen MR) is 84.3 cm³/mol. The number of hydrogen-bond donors (Lipinski definition) is 2. The van der Waals surface area contributed by atoms with Crippen LogP contribution in [-0.4, -0.2) is 5.91 Å². The van der Waals surface area contributed by atoms with E-state index in [4.69, 9.17) is 5.73 Å². The highest BCUT2D eigenvalue weighted by atomic mass is 79.9. The van der Waals surface area contributed by atoms with E-state index in [1.807, 2.05) is 31.2 Å². The van der Waals surface area contributed by atoms with Gasteiger partial charge >= 0.3 is 0 Å². The van der Waals surface area contributed by atoms with E-state index in [-0.39, 0.29) is 11.9 Å². The van der Waals surface area contributed by atoms with Crippen molar-refractivity contribution in [1.29, 1.82) is 0 Å². The number of rotatable bonds is 5. The van der Waals surface area contributed by atoms with Crippen LogP contribution in [0.1, 0.15) is 34.5 Å². The van der Waals surface area contributed by atoms with Crippen LogP contribution in [0.5, 0.6) is 0 Å². The van der Waals surface area contributed by atoms with Crippen LogP contribution in [0.15, 0.2) is 46.9 Å². The molecule has 2 aromatic carbocycles. The number of carbonyl (C=O) groups is 1.